The van der Waals surface area contributed by atoms with Gasteiger partial charge in [0.2, 0.25) is 15.9 Å². The molecule has 0 bridgehead atoms. The second-order valence-electron chi connectivity index (χ2n) is 10.4. The fraction of sp³-hybridized carbons (Fsp3) is 0.741. The zero-order chi connectivity index (χ0) is 27.0. The average Bonchev–Trinajstić information content (AvgIpc) is 2.89. The summed E-state index contributed by atoms with van der Waals surface area (Å²) in [5.41, 5.74) is 1.27. The van der Waals surface area contributed by atoms with E-state index >= 15 is 0 Å². The Bertz CT molecular complexity index is 965. The fourth-order valence-electron chi connectivity index (χ4n) is 5.38. The molecule has 0 radical (unpaired) electrons. The van der Waals surface area contributed by atoms with Gasteiger partial charge in [-0.1, -0.05) is 0 Å². The van der Waals surface area contributed by atoms with Crippen molar-refractivity contribution in [3.8, 4) is 5.75 Å². The van der Waals surface area contributed by atoms with Crippen molar-refractivity contribution in [2.24, 2.45) is 5.92 Å². The minimum atomic E-state index is -3.68. The summed E-state index contributed by atoms with van der Waals surface area (Å²) >= 11 is 0. The quantitative estimate of drug-likeness (QED) is 0.378. The van der Waals surface area contributed by atoms with E-state index in [1.165, 1.54) is 17.8 Å². The number of hydrogen-bond donors (Lipinski definition) is 0. The molecule has 1 aliphatic heterocycles. The SMILES string of the molecule is COc1cc(C)c(S(=O)(=O)N(C)CCOCC(=O)N(C)[C@H]2CC[C@@H](CCN3CCOCC3)CC2)c(C)c1. The highest BCUT2D eigenvalue weighted by Crippen LogP contribution is 2.30. The number of nitrogens with zero attached hydrogens (tertiary/aromatic N) is 3. The summed E-state index contributed by atoms with van der Waals surface area (Å²) in [6.07, 6.45) is 5.58. The molecule has 9 nitrogen and oxygen atoms in total. The zero-order valence-corrected chi connectivity index (χ0v) is 24.0. The highest BCUT2D eigenvalue weighted by atomic mass is 32.2. The molecule has 10 heteroatoms. The van der Waals surface area contributed by atoms with Crippen LogP contribution in [0.2, 0.25) is 0 Å². The van der Waals surface area contributed by atoms with Gasteiger partial charge in [0.25, 0.3) is 0 Å². The molecule has 37 heavy (non-hydrogen) atoms. The first-order valence-corrected chi connectivity index (χ1v) is 14.8. The first kappa shape index (κ1) is 29.8. The number of carbonyl (C=O) groups excluding carboxylic acids is 1. The summed E-state index contributed by atoms with van der Waals surface area (Å²) in [7, 11) is 1.27. The van der Waals surface area contributed by atoms with Crippen molar-refractivity contribution >= 4 is 15.9 Å². The molecule has 0 atom stereocenters. The predicted octanol–water partition coefficient (Wildman–Crippen LogP) is 2.69. The molecule has 1 aromatic carbocycles. The van der Waals surface area contributed by atoms with Gasteiger partial charge in [0, 0.05) is 39.8 Å². The summed E-state index contributed by atoms with van der Waals surface area (Å²) in [5.74, 6) is 1.31. The van der Waals surface area contributed by atoms with E-state index in [2.05, 4.69) is 4.90 Å². The van der Waals surface area contributed by atoms with Crippen molar-refractivity contribution in [3.05, 3.63) is 23.3 Å². The molecule has 2 aliphatic rings. The number of methoxy groups -OCH3 is 1. The monoisotopic (exact) mass is 539 g/mol. The lowest BCUT2D eigenvalue weighted by atomic mass is 9.83. The van der Waals surface area contributed by atoms with Crippen molar-refractivity contribution in [1.29, 1.82) is 0 Å². The first-order valence-electron chi connectivity index (χ1n) is 13.4. The molecule has 0 spiro atoms. The van der Waals surface area contributed by atoms with Crippen LogP contribution in [-0.4, -0.2) is 108 Å². The van der Waals surface area contributed by atoms with Crippen molar-refractivity contribution in [2.75, 3.05) is 73.8 Å². The minimum absolute atomic E-state index is 0.0397. The summed E-state index contributed by atoms with van der Waals surface area (Å²) in [6, 6.07) is 3.69. The van der Waals surface area contributed by atoms with Gasteiger partial charge in [0.1, 0.15) is 12.4 Å². The van der Waals surface area contributed by atoms with E-state index in [-0.39, 0.29) is 36.6 Å². The summed E-state index contributed by atoms with van der Waals surface area (Å²) in [4.78, 5) is 17.3. The molecule has 1 heterocycles. The minimum Gasteiger partial charge on any atom is -0.497 e. The van der Waals surface area contributed by atoms with Gasteiger partial charge >= 0.3 is 0 Å². The summed E-state index contributed by atoms with van der Waals surface area (Å²) < 4.78 is 43.8. The average molecular weight is 540 g/mol. The molecule has 210 valence electrons. The van der Waals surface area contributed by atoms with Gasteiger partial charge in [-0.25, -0.2) is 8.42 Å². The Morgan fingerprint density at radius 2 is 1.70 bits per heavy atom. The molecule has 1 saturated carbocycles. The van der Waals surface area contributed by atoms with E-state index in [1.807, 2.05) is 11.9 Å². The molecule has 0 N–H and O–H groups in total. The van der Waals surface area contributed by atoms with Crippen molar-refractivity contribution in [3.63, 3.8) is 0 Å². The van der Waals surface area contributed by atoms with E-state index < -0.39 is 10.0 Å². The molecule has 1 aliphatic carbocycles. The van der Waals surface area contributed by atoms with Crippen LogP contribution in [0.1, 0.15) is 43.2 Å². The van der Waals surface area contributed by atoms with E-state index in [1.54, 1.807) is 33.1 Å². The molecule has 1 amide bonds. The molecule has 0 unspecified atom stereocenters. The summed E-state index contributed by atoms with van der Waals surface area (Å²) in [5, 5.41) is 0. The van der Waals surface area contributed by atoms with Crippen LogP contribution >= 0.6 is 0 Å². The normalized spacial score (nSPS) is 21.2. The van der Waals surface area contributed by atoms with Gasteiger partial charge in [-0.15, -0.1) is 0 Å². The molecule has 0 aromatic heterocycles. The number of amides is 1. The van der Waals surface area contributed by atoms with E-state index in [4.69, 9.17) is 14.2 Å². The van der Waals surface area contributed by atoms with Crippen LogP contribution < -0.4 is 4.74 Å². The highest BCUT2D eigenvalue weighted by molar-refractivity contribution is 7.89. The van der Waals surface area contributed by atoms with Gasteiger partial charge in [-0.2, -0.15) is 4.31 Å². The number of sulfonamides is 1. The van der Waals surface area contributed by atoms with Crippen LogP contribution in [0.3, 0.4) is 0 Å². The second-order valence-corrected chi connectivity index (χ2v) is 12.4. The third-order valence-corrected chi connectivity index (χ3v) is 9.99. The van der Waals surface area contributed by atoms with Crippen LogP contribution in [0.5, 0.6) is 5.75 Å². The molecule has 2 fully saturated rings. The zero-order valence-electron chi connectivity index (χ0n) is 23.2. The van der Waals surface area contributed by atoms with Crippen molar-refractivity contribution in [2.45, 2.75) is 56.9 Å². The number of likely N-dealkylation sites (N-methyl/N-ethyl adjacent to an activating group) is 2. The highest BCUT2D eigenvalue weighted by Gasteiger charge is 2.28. The Labute approximate surface area is 223 Å². The Balaban J connectivity index is 1.37. The second kappa shape index (κ2) is 13.9. The first-order chi connectivity index (χ1) is 17.6. The number of benzene rings is 1. The number of ether oxygens (including phenoxy) is 3. The topological polar surface area (TPSA) is 88.6 Å². The van der Waals surface area contributed by atoms with Crippen molar-refractivity contribution < 1.29 is 27.4 Å². The van der Waals surface area contributed by atoms with Gasteiger partial charge in [0.05, 0.1) is 31.8 Å². The number of rotatable bonds is 12. The van der Waals surface area contributed by atoms with Gasteiger partial charge < -0.3 is 19.1 Å². The number of morpholine rings is 1. The summed E-state index contributed by atoms with van der Waals surface area (Å²) in [6.45, 7) is 8.70. The standard InChI is InChI=1S/C27H45N3O6S/c1-21-18-25(34-5)19-22(2)27(21)37(32,33)28(3)12-15-36-20-26(31)29(4)24-8-6-23(7-9-24)10-11-30-13-16-35-17-14-30/h18-19,23-24H,6-17,20H2,1-5H3/t23-,24+. The third kappa shape index (κ3) is 8.13. The van der Waals surface area contributed by atoms with Crippen LogP contribution in [0.15, 0.2) is 17.0 Å². The molecule has 3 rings (SSSR count). The molecular formula is C27H45N3O6S. The molecule has 1 aromatic rings. The lowest BCUT2D eigenvalue weighted by molar-refractivity contribution is -0.137. The van der Waals surface area contributed by atoms with Crippen LogP contribution in [0.4, 0.5) is 0 Å². The maximum absolute atomic E-state index is 13.1. The maximum Gasteiger partial charge on any atom is 0.248 e. The number of aryl methyl sites for hydroxylation is 2. The van der Waals surface area contributed by atoms with Crippen LogP contribution in [0, 0.1) is 19.8 Å². The number of carbonyl (C=O) groups is 1. The van der Waals surface area contributed by atoms with Crippen molar-refractivity contribution in [1.82, 2.24) is 14.1 Å². The van der Waals surface area contributed by atoms with Gasteiger partial charge in [-0.05, 0) is 81.7 Å². The Morgan fingerprint density at radius 3 is 2.30 bits per heavy atom. The Hall–Kier alpha value is -1.72. The fourth-order valence-corrected chi connectivity index (χ4v) is 6.94. The molecular weight excluding hydrogens is 494 g/mol. The largest absolute Gasteiger partial charge is 0.497 e. The van der Waals surface area contributed by atoms with E-state index in [9.17, 15) is 13.2 Å². The van der Waals surface area contributed by atoms with Crippen LogP contribution in [0.25, 0.3) is 0 Å². The lowest BCUT2D eigenvalue weighted by Gasteiger charge is -2.36. The Kier molecular flexibility index (Phi) is 11.2. The maximum atomic E-state index is 13.1. The molecule has 1 saturated heterocycles. The van der Waals surface area contributed by atoms with Gasteiger partial charge in [0.15, 0.2) is 0 Å². The third-order valence-electron chi connectivity index (χ3n) is 7.83. The van der Waals surface area contributed by atoms with Crippen LogP contribution in [-0.2, 0) is 24.3 Å². The smallest absolute Gasteiger partial charge is 0.248 e. The number of hydrogen-bond acceptors (Lipinski definition) is 7. The Morgan fingerprint density at radius 1 is 1.08 bits per heavy atom. The van der Waals surface area contributed by atoms with E-state index in [0.29, 0.717) is 16.9 Å². The lowest BCUT2D eigenvalue weighted by Crippen LogP contribution is -2.42. The predicted molar refractivity (Wildman–Crippen MR) is 143 cm³/mol. The van der Waals surface area contributed by atoms with Gasteiger partial charge in [-0.3, -0.25) is 9.69 Å². The van der Waals surface area contributed by atoms with E-state index in [0.717, 1.165) is 64.4 Å².